The summed E-state index contributed by atoms with van der Waals surface area (Å²) in [5.41, 5.74) is 8.76. The van der Waals surface area contributed by atoms with Gasteiger partial charge in [-0.25, -0.2) is 0 Å². The summed E-state index contributed by atoms with van der Waals surface area (Å²) in [6.07, 6.45) is -3.23. The van der Waals surface area contributed by atoms with Gasteiger partial charge in [0.2, 0.25) is 0 Å². The average molecular weight is 401 g/mol. The number of nitrogens with zero attached hydrogens (tertiary/aromatic N) is 3. The van der Waals surface area contributed by atoms with E-state index in [1.165, 1.54) is 0 Å². The number of hydrogen-bond donors (Lipinski definition) is 1. The van der Waals surface area contributed by atoms with Gasteiger partial charge in [-0.05, 0) is 17.7 Å². The second kappa shape index (κ2) is 8.40. The molecule has 9 heteroatoms. The fourth-order valence-electron chi connectivity index (χ4n) is 3.41. The molecule has 0 radical (unpaired) electrons. The summed E-state index contributed by atoms with van der Waals surface area (Å²) in [5, 5.41) is 14.5. The van der Waals surface area contributed by atoms with Gasteiger partial charge in [0, 0.05) is 15.4 Å². The zero-order chi connectivity index (χ0) is 19.5. The first-order valence-electron chi connectivity index (χ1n) is 8.84. The Hall–Kier alpha value is -2.26. The van der Waals surface area contributed by atoms with Crippen LogP contribution >= 0.6 is 0 Å². The number of ether oxygens (including phenoxy) is 3. The first-order valence-corrected chi connectivity index (χ1v) is 10.1. The zero-order valence-corrected chi connectivity index (χ0v) is 15.6. The highest BCUT2D eigenvalue weighted by molar-refractivity contribution is 7.85. The van der Waals surface area contributed by atoms with E-state index < -0.39 is 46.9 Å². The summed E-state index contributed by atoms with van der Waals surface area (Å²) in [4.78, 5) is 3.34. The fourth-order valence-corrected chi connectivity index (χ4v) is 4.81. The van der Waals surface area contributed by atoms with Gasteiger partial charge in [0.1, 0.15) is 23.7 Å². The maximum atomic E-state index is 13.0. The third-order valence-electron chi connectivity index (χ3n) is 4.78. The van der Waals surface area contributed by atoms with Crippen LogP contribution in [0.2, 0.25) is 0 Å². The van der Waals surface area contributed by atoms with Gasteiger partial charge in [0.25, 0.3) is 0 Å². The van der Waals surface area contributed by atoms with Crippen molar-refractivity contribution in [3.63, 3.8) is 0 Å². The molecule has 0 spiro atoms. The van der Waals surface area contributed by atoms with Crippen LogP contribution in [0.1, 0.15) is 11.9 Å². The topological polar surface area (TPSA) is 114 Å². The smallest absolute Gasteiger partial charge is 0.184 e. The number of fused-ring (bicyclic) bond motifs is 1. The molecule has 2 aliphatic rings. The zero-order valence-electron chi connectivity index (χ0n) is 14.8. The molecule has 0 bridgehead atoms. The number of rotatable bonds is 4. The van der Waals surface area contributed by atoms with E-state index in [9.17, 15) is 9.32 Å². The van der Waals surface area contributed by atoms with Crippen LogP contribution in [0.5, 0.6) is 0 Å². The van der Waals surface area contributed by atoms with Crippen LogP contribution < -0.4 is 0 Å². The van der Waals surface area contributed by atoms with Crippen LogP contribution in [0.25, 0.3) is 10.4 Å². The van der Waals surface area contributed by atoms with Gasteiger partial charge in [-0.3, -0.25) is 4.21 Å². The number of aliphatic hydroxyl groups excluding tert-OH is 1. The minimum atomic E-state index is -1.64. The van der Waals surface area contributed by atoms with Crippen molar-refractivity contribution >= 4 is 10.8 Å². The van der Waals surface area contributed by atoms with Gasteiger partial charge in [0.15, 0.2) is 6.29 Å². The highest BCUT2D eigenvalue weighted by Crippen LogP contribution is 2.36. The molecule has 2 unspecified atom stereocenters. The average Bonchev–Trinajstić information content (AvgIpc) is 2.76. The molecular formula is C19H19N3O5S. The molecule has 0 saturated carbocycles. The van der Waals surface area contributed by atoms with Gasteiger partial charge < -0.3 is 19.3 Å². The maximum absolute atomic E-state index is 13.0. The largest absolute Gasteiger partial charge is 0.390 e. The van der Waals surface area contributed by atoms with Crippen molar-refractivity contribution < 1.29 is 23.5 Å². The van der Waals surface area contributed by atoms with E-state index in [1.807, 2.05) is 36.4 Å². The van der Waals surface area contributed by atoms with Crippen molar-refractivity contribution in [2.24, 2.45) is 5.11 Å². The van der Waals surface area contributed by atoms with Crippen molar-refractivity contribution in [3.8, 4) is 0 Å². The molecule has 2 aromatic carbocycles. The van der Waals surface area contributed by atoms with Gasteiger partial charge in [0.05, 0.1) is 23.5 Å². The standard InChI is InChI=1S/C19H19N3O5S/c20-22-21-15-16(23)17-14(11-25-18(27-17)12-7-3-1-4-8-12)26-19(15)28(24)13-9-5-2-6-10-13/h1-10,14-19,23H,11H2/t14-,15-,16-,17-,18?,19-,28?/m1/s1. The summed E-state index contributed by atoms with van der Waals surface area (Å²) in [7, 11) is -1.64. The third kappa shape index (κ3) is 3.68. The van der Waals surface area contributed by atoms with Crippen LogP contribution in [-0.4, -0.2) is 45.7 Å². The van der Waals surface area contributed by atoms with Crippen molar-refractivity contribution in [1.29, 1.82) is 0 Å². The lowest BCUT2D eigenvalue weighted by atomic mass is 9.97. The van der Waals surface area contributed by atoms with Crippen molar-refractivity contribution in [3.05, 3.63) is 76.7 Å². The Morgan fingerprint density at radius 3 is 2.43 bits per heavy atom. The number of azide groups is 1. The molecule has 0 amide bonds. The van der Waals surface area contributed by atoms with Crippen LogP contribution in [0.4, 0.5) is 0 Å². The van der Waals surface area contributed by atoms with Crippen molar-refractivity contribution in [2.75, 3.05) is 6.61 Å². The van der Waals surface area contributed by atoms with E-state index in [0.717, 1.165) is 5.56 Å². The molecule has 2 aromatic rings. The SMILES string of the molecule is [N-]=[N+]=N[C@@H]1[C@@H](O)[C@@H]2OC(c3ccccc3)OC[C@H]2O[C@@H]1S(=O)c1ccccc1. The van der Waals surface area contributed by atoms with Gasteiger partial charge >= 0.3 is 0 Å². The lowest BCUT2D eigenvalue weighted by Gasteiger charge is -2.46. The molecule has 2 fully saturated rings. The van der Waals surface area contributed by atoms with Crippen LogP contribution in [-0.2, 0) is 25.0 Å². The second-order valence-electron chi connectivity index (χ2n) is 6.52. The first kappa shape index (κ1) is 19.1. The van der Waals surface area contributed by atoms with E-state index in [-0.39, 0.29) is 6.61 Å². The van der Waals surface area contributed by atoms with Crippen molar-refractivity contribution in [2.45, 2.75) is 41.0 Å². The molecular weight excluding hydrogens is 382 g/mol. The summed E-state index contributed by atoms with van der Waals surface area (Å²) >= 11 is 0. The van der Waals surface area contributed by atoms with Crippen LogP contribution in [0, 0.1) is 0 Å². The predicted octanol–water partition coefficient (Wildman–Crippen LogP) is 2.67. The Morgan fingerprint density at radius 1 is 1.07 bits per heavy atom. The number of benzene rings is 2. The molecule has 2 aliphatic heterocycles. The summed E-state index contributed by atoms with van der Waals surface area (Å²) in [6, 6.07) is 17.0. The van der Waals surface area contributed by atoms with E-state index >= 15 is 0 Å². The molecule has 1 N–H and O–H groups in total. The Bertz CT molecular complexity index is 878. The van der Waals surface area contributed by atoms with Gasteiger partial charge in [-0.15, -0.1) is 0 Å². The Morgan fingerprint density at radius 2 is 1.75 bits per heavy atom. The van der Waals surface area contributed by atoms with E-state index in [2.05, 4.69) is 10.0 Å². The Labute approximate surface area is 164 Å². The fraction of sp³-hybridized carbons (Fsp3) is 0.368. The molecule has 0 aromatic heterocycles. The van der Waals surface area contributed by atoms with Crippen molar-refractivity contribution in [1.82, 2.24) is 0 Å². The third-order valence-corrected chi connectivity index (χ3v) is 6.33. The lowest BCUT2D eigenvalue weighted by Crippen LogP contribution is -2.61. The highest BCUT2D eigenvalue weighted by Gasteiger charge is 2.51. The maximum Gasteiger partial charge on any atom is 0.184 e. The van der Waals surface area contributed by atoms with Crippen LogP contribution in [0.15, 0.2) is 70.7 Å². The minimum Gasteiger partial charge on any atom is -0.390 e. The Balaban J connectivity index is 1.58. The molecule has 0 aliphatic carbocycles. The first-order chi connectivity index (χ1) is 13.7. The van der Waals surface area contributed by atoms with Crippen LogP contribution in [0.3, 0.4) is 0 Å². The Kier molecular flexibility index (Phi) is 5.72. The summed E-state index contributed by atoms with van der Waals surface area (Å²) in [6.45, 7) is 0.159. The monoisotopic (exact) mass is 401 g/mol. The summed E-state index contributed by atoms with van der Waals surface area (Å²) < 4.78 is 30.6. The number of aliphatic hydroxyl groups is 1. The predicted molar refractivity (Wildman–Crippen MR) is 100 cm³/mol. The molecule has 8 nitrogen and oxygen atoms in total. The molecule has 4 rings (SSSR count). The van der Waals surface area contributed by atoms with E-state index in [4.69, 9.17) is 19.7 Å². The quantitative estimate of drug-likeness (QED) is 0.481. The molecule has 7 atom stereocenters. The number of hydrogen-bond acceptors (Lipinski definition) is 6. The summed E-state index contributed by atoms with van der Waals surface area (Å²) in [5.74, 6) is 0. The molecule has 28 heavy (non-hydrogen) atoms. The van der Waals surface area contributed by atoms with E-state index in [0.29, 0.717) is 4.90 Å². The lowest BCUT2D eigenvalue weighted by molar-refractivity contribution is -0.305. The molecule has 2 heterocycles. The second-order valence-corrected chi connectivity index (χ2v) is 8.05. The van der Waals surface area contributed by atoms with Gasteiger partial charge in [-0.2, -0.15) is 0 Å². The molecule has 2 saturated heterocycles. The van der Waals surface area contributed by atoms with Gasteiger partial charge in [-0.1, -0.05) is 53.6 Å². The van der Waals surface area contributed by atoms with E-state index in [1.54, 1.807) is 24.3 Å². The normalized spacial score (nSPS) is 33.3. The minimum absolute atomic E-state index is 0.159. The highest BCUT2D eigenvalue weighted by atomic mass is 32.2. The molecule has 146 valence electrons.